The Morgan fingerprint density at radius 1 is 1.40 bits per heavy atom. The predicted octanol–water partition coefficient (Wildman–Crippen LogP) is 2.31. The summed E-state index contributed by atoms with van der Waals surface area (Å²) in [6.07, 6.45) is 3.03. The minimum Gasteiger partial charge on any atom is -0.496 e. The fourth-order valence-corrected chi connectivity index (χ4v) is 2.66. The van der Waals surface area contributed by atoms with Crippen LogP contribution < -0.4 is 4.74 Å². The van der Waals surface area contributed by atoms with Crippen molar-refractivity contribution >= 4 is 5.97 Å². The Labute approximate surface area is 120 Å². The zero-order chi connectivity index (χ0) is 14.8. The van der Waals surface area contributed by atoms with Crippen molar-refractivity contribution in [3.63, 3.8) is 0 Å². The molecule has 2 rings (SSSR count). The number of nitrogens with zero attached hydrogens (tertiary/aromatic N) is 1. The molecule has 0 spiro atoms. The first-order chi connectivity index (χ1) is 9.47. The Hall–Kier alpha value is -1.55. The highest BCUT2D eigenvalue weighted by atomic mass is 16.5. The van der Waals surface area contributed by atoms with Crippen LogP contribution in [-0.4, -0.2) is 43.7 Å². The van der Waals surface area contributed by atoms with Gasteiger partial charge in [0.2, 0.25) is 0 Å². The van der Waals surface area contributed by atoms with Crippen molar-refractivity contribution in [2.24, 2.45) is 0 Å². The number of rotatable bonds is 7. The van der Waals surface area contributed by atoms with Crippen molar-refractivity contribution in [1.29, 1.82) is 0 Å². The first-order valence-electron chi connectivity index (χ1n) is 7.01. The van der Waals surface area contributed by atoms with E-state index in [0.717, 1.165) is 37.1 Å². The molecule has 0 amide bonds. The summed E-state index contributed by atoms with van der Waals surface area (Å²) in [5.41, 5.74) is 2.11. The molecule has 0 heterocycles. The fraction of sp³-hybridized carbons (Fsp3) is 0.562. The van der Waals surface area contributed by atoms with E-state index in [9.17, 15) is 4.79 Å². The maximum Gasteiger partial charge on any atom is 0.304 e. The Morgan fingerprint density at radius 3 is 2.60 bits per heavy atom. The lowest BCUT2D eigenvalue weighted by Crippen LogP contribution is -2.17. The molecule has 0 radical (unpaired) electrons. The topological polar surface area (TPSA) is 49.8 Å². The molecule has 1 aromatic carbocycles. The highest BCUT2D eigenvalue weighted by Gasteiger charge is 2.47. The van der Waals surface area contributed by atoms with Crippen molar-refractivity contribution in [3.8, 4) is 5.75 Å². The van der Waals surface area contributed by atoms with Gasteiger partial charge in [0.05, 0.1) is 13.5 Å². The quantitative estimate of drug-likeness (QED) is 0.831. The van der Waals surface area contributed by atoms with Gasteiger partial charge in [-0.15, -0.1) is 0 Å². The fourth-order valence-electron chi connectivity index (χ4n) is 2.66. The third-order valence-corrected chi connectivity index (χ3v) is 4.03. The zero-order valence-corrected chi connectivity index (χ0v) is 12.5. The van der Waals surface area contributed by atoms with Crippen LogP contribution in [0.4, 0.5) is 0 Å². The molecule has 0 unspecified atom stereocenters. The van der Waals surface area contributed by atoms with E-state index in [4.69, 9.17) is 9.84 Å². The molecule has 1 aliphatic carbocycles. The molecule has 110 valence electrons. The highest BCUT2D eigenvalue weighted by Crippen LogP contribution is 2.54. The Balaban J connectivity index is 2.25. The lowest BCUT2D eigenvalue weighted by Gasteiger charge is -2.19. The van der Waals surface area contributed by atoms with Gasteiger partial charge in [-0.3, -0.25) is 4.79 Å². The summed E-state index contributed by atoms with van der Waals surface area (Å²) in [4.78, 5) is 13.2. The van der Waals surface area contributed by atoms with Crippen LogP contribution in [0, 0.1) is 0 Å². The van der Waals surface area contributed by atoms with Gasteiger partial charge >= 0.3 is 5.97 Å². The molecule has 0 saturated heterocycles. The standard InChI is InChI=1S/C16H23NO3/c1-17(2)9-6-12-4-5-14(20-3)13(10-12)16(7-8-16)11-15(18)19/h4-5,10H,6-9,11H2,1-3H3,(H,18,19). The van der Waals surface area contributed by atoms with Crippen molar-refractivity contribution in [1.82, 2.24) is 4.90 Å². The van der Waals surface area contributed by atoms with Crippen LogP contribution in [0.15, 0.2) is 18.2 Å². The number of benzene rings is 1. The van der Waals surface area contributed by atoms with Gasteiger partial charge in [-0.2, -0.15) is 0 Å². The number of hydrogen-bond donors (Lipinski definition) is 1. The largest absolute Gasteiger partial charge is 0.496 e. The van der Waals surface area contributed by atoms with Crippen LogP contribution in [0.1, 0.15) is 30.4 Å². The molecular formula is C16H23NO3. The van der Waals surface area contributed by atoms with Crippen LogP contribution in [0.3, 0.4) is 0 Å². The lowest BCUT2D eigenvalue weighted by atomic mass is 9.89. The van der Waals surface area contributed by atoms with Crippen LogP contribution in [0.25, 0.3) is 0 Å². The summed E-state index contributed by atoms with van der Waals surface area (Å²) < 4.78 is 5.43. The van der Waals surface area contributed by atoms with Crippen LogP contribution in [0.2, 0.25) is 0 Å². The predicted molar refractivity (Wildman–Crippen MR) is 78.4 cm³/mol. The second-order valence-electron chi connectivity index (χ2n) is 5.94. The number of carbonyl (C=O) groups is 1. The monoisotopic (exact) mass is 277 g/mol. The van der Waals surface area contributed by atoms with E-state index < -0.39 is 5.97 Å². The number of aliphatic carboxylic acids is 1. The molecule has 1 N–H and O–H groups in total. The van der Waals surface area contributed by atoms with Gasteiger partial charge in [-0.1, -0.05) is 12.1 Å². The molecule has 1 aromatic rings. The number of hydrogen-bond acceptors (Lipinski definition) is 3. The molecule has 0 aliphatic heterocycles. The molecule has 1 fully saturated rings. The van der Waals surface area contributed by atoms with E-state index in [1.165, 1.54) is 5.56 Å². The Morgan fingerprint density at radius 2 is 2.10 bits per heavy atom. The molecule has 20 heavy (non-hydrogen) atoms. The van der Waals surface area contributed by atoms with E-state index in [0.29, 0.717) is 0 Å². The summed E-state index contributed by atoms with van der Waals surface area (Å²) in [6, 6.07) is 6.18. The van der Waals surface area contributed by atoms with Crippen molar-refractivity contribution in [2.75, 3.05) is 27.7 Å². The van der Waals surface area contributed by atoms with Gasteiger partial charge < -0.3 is 14.7 Å². The van der Waals surface area contributed by atoms with Gasteiger partial charge in [0.15, 0.2) is 0 Å². The molecule has 1 saturated carbocycles. The van der Waals surface area contributed by atoms with Gasteiger partial charge in [0, 0.05) is 17.5 Å². The van der Waals surface area contributed by atoms with E-state index in [1.54, 1.807) is 7.11 Å². The maximum atomic E-state index is 11.1. The third kappa shape index (κ3) is 3.31. The summed E-state index contributed by atoms with van der Waals surface area (Å²) in [6.45, 7) is 0.984. The smallest absolute Gasteiger partial charge is 0.304 e. The minimum atomic E-state index is -0.733. The van der Waals surface area contributed by atoms with Crippen molar-refractivity contribution < 1.29 is 14.6 Å². The number of carboxylic acid groups (broad SMARTS) is 1. The Bertz CT molecular complexity index is 492. The normalized spacial score (nSPS) is 16.2. The SMILES string of the molecule is COc1ccc(CCN(C)C)cc1C1(CC(=O)O)CC1. The van der Waals surface area contributed by atoms with E-state index in [2.05, 4.69) is 31.1 Å². The summed E-state index contributed by atoms with van der Waals surface area (Å²) in [5, 5.41) is 9.11. The molecular weight excluding hydrogens is 254 g/mol. The molecule has 0 atom stereocenters. The van der Waals surface area contributed by atoms with Crippen LogP contribution >= 0.6 is 0 Å². The van der Waals surface area contributed by atoms with Crippen LogP contribution in [-0.2, 0) is 16.6 Å². The molecule has 4 nitrogen and oxygen atoms in total. The van der Waals surface area contributed by atoms with Gasteiger partial charge in [-0.05, 0) is 45.0 Å². The number of likely N-dealkylation sites (N-methyl/N-ethyl adjacent to an activating group) is 1. The maximum absolute atomic E-state index is 11.1. The second kappa shape index (κ2) is 5.83. The minimum absolute atomic E-state index is 0.195. The van der Waals surface area contributed by atoms with E-state index in [-0.39, 0.29) is 11.8 Å². The molecule has 1 aliphatic rings. The van der Waals surface area contributed by atoms with Gasteiger partial charge in [0.25, 0.3) is 0 Å². The lowest BCUT2D eigenvalue weighted by molar-refractivity contribution is -0.137. The number of carboxylic acids is 1. The summed E-state index contributed by atoms with van der Waals surface area (Å²) in [5.74, 6) is 0.0839. The number of ether oxygens (including phenoxy) is 1. The first-order valence-corrected chi connectivity index (χ1v) is 7.01. The van der Waals surface area contributed by atoms with E-state index in [1.807, 2.05) is 6.07 Å². The Kier molecular flexibility index (Phi) is 4.33. The molecule has 0 aromatic heterocycles. The number of methoxy groups -OCH3 is 1. The van der Waals surface area contributed by atoms with Crippen molar-refractivity contribution in [2.45, 2.75) is 31.1 Å². The summed E-state index contributed by atoms with van der Waals surface area (Å²) >= 11 is 0. The third-order valence-electron chi connectivity index (χ3n) is 4.03. The molecule has 0 bridgehead atoms. The van der Waals surface area contributed by atoms with E-state index >= 15 is 0 Å². The van der Waals surface area contributed by atoms with Crippen molar-refractivity contribution in [3.05, 3.63) is 29.3 Å². The molecule has 4 heteroatoms. The van der Waals surface area contributed by atoms with Gasteiger partial charge in [0.1, 0.15) is 5.75 Å². The second-order valence-corrected chi connectivity index (χ2v) is 5.94. The van der Waals surface area contributed by atoms with Crippen LogP contribution in [0.5, 0.6) is 5.75 Å². The highest BCUT2D eigenvalue weighted by molar-refractivity contribution is 5.70. The summed E-state index contributed by atoms with van der Waals surface area (Å²) in [7, 11) is 5.75. The first kappa shape index (κ1) is 14.9. The zero-order valence-electron chi connectivity index (χ0n) is 12.5. The van der Waals surface area contributed by atoms with Gasteiger partial charge in [-0.25, -0.2) is 0 Å². The average molecular weight is 277 g/mol. The average Bonchev–Trinajstić information content (AvgIpc) is 3.16.